The molecule has 0 saturated heterocycles. The monoisotopic (exact) mass is 311 g/mol. The van der Waals surface area contributed by atoms with Crippen LogP contribution in [0.25, 0.3) is 11.1 Å². The molecule has 0 fully saturated rings. The molecular weight excluding hydrogens is 297 g/mol. The number of amides is 1. The van der Waals surface area contributed by atoms with Gasteiger partial charge in [-0.25, -0.2) is 9.18 Å². The molecule has 0 saturated carbocycles. The molecule has 0 spiro atoms. The molecule has 0 bridgehead atoms. The second kappa shape index (κ2) is 6.74. The predicted molar refractivity (Wildman–Crippen MR) is 84.2 cm³/mol. The van der Waals surface area contributed by atoms with E-state index in [-0.39, 0.29) is 12.4 Å². The van der Waals surface area contributed by atoms with Crippen LogP contribution in [-0.4, -0.2) is 16.3 Å². The average Bonchev–Trinajstić information content (AvgIpc) is 3.08. The van der Waals surface area contributed by atoms with Gasteiger partial charge < -0.3 is 4.74 Å². The van der Waals surface area contributed by atoms with Gasteiger partial charge in [0.05, 0.1) is 6.20 Å². The predicted octanol–water partition coefficient (Wildman–Crippen LogP) is 3.96. The van der Waals surface area contributed by atoms with E-state index in [1.54, 1.807) is 36.7 Å². The lowest BCUT2D eigenvalue weighted by Crippen LogP contribution is -2.13. The van der Waals surface area contributed by atoms with Crippen molar-refractivity contribution in [3.05, 3.63) is 72.3 Å². The number of hydrogen-bond donors (Lipinski definition) is 2. The molecule has 1 heterocycles. The van der Waals surface area contributed by atoms with Crippen LogP contribution in [0.5, 0.6) is 0 Å². The van der Waals surface area contributed by atoms with Crippen molar-refractivity contribution < 1.29 is 13.9 Å². The third kappa shape index (κ3) is 3.94. The standard InChI is InChI=1S/C17H14FN3O2/c18-15-3-1-2-12(8-15)11-23-17(22)21-16-6-4-13(5-7-16)14-9-19-20-10-14/h1-10H,11H2,(H,19,20)(H,21,22). The summed E-state index contributed by atoms with van der Waals surface area (Å²) in [5.41, 5.74) is 3.15. The first-order valence-electron chi connectivity index (χ1n) is 6.98. The fourth-order valence-corrected chi connectivity index (χ4v) is 2.08. The van der Waals surface area contributed by atoms with E-state index in [0.717, 1.165) is 11.1 Å². The number of anilines is 1. The molecule has 3 rings (SSSR count). The number of H-pyrrole nitrogens is 1. The highest BCUT2D eigenvalue weighted by Gasteiger charge is 2.05. The molecule has 0 radical (unpaired) electrons. The van der Waals surface area contributed by atoms with Crippen LogP contribution in [0.2, 0.25) is 0 Å². The number of carbonyl (C=O) groups is 1. The summed E-state index contributed by atoms with van der Waals surface area (Å²) in [5, 5.41) is 9.25. The number of benzene rings is 2. The molecule has 5 nitrogen and oxygen atoms in total. The maximum Gasteiger partial charge on any atom is 0.411 e. The van der Waals surface area contributed by atoms with Crippen molar-refractivity contribution in [2.75, 3.05) is 5.32 Å². The van der Waals surface area contributed by atoms with E-state index in [9.17, 15) is 9.18 Å². The maximum atomic E-state index is 13.0. The Morgan fingerprint density at radius 2 is 2.00 bits per heavy atom. The number of ether oxygens (including phenoxy) is 1. The minimum Gasteiger partial charge on any atom is -0.444 e. The molecule has 0 unspecified atom stereocenters. The fourth-order valence-electron chi connectivity index (χ4n) is 2.08. The zero-order chi connectivity index (χ0) is 16.1. The van der Waals surface area contributed by atoms with Gasteiger partial charge in [-0.15, -0.1) is 0 Å². The Kier molecular flexibility index (Phi) is 4.33. The Balaban J connectivity index is 1.55. The van der Waals surface area contributed by atoms with Crippen molar-refractivity contribution in [2.24, 2.45) is 0 Å². The van der Waals surface area contributed by atoms with Crippen LogP contribution in [0.15, 0.2) is 60.9 Å². The molecule has 0 atom stereocenters. The van der Waals surface area contributed by atoms with Gasteiger partial charge in [0, 0.05) is 17.4 Å². The van der Waals surface area contributed by atoms with Crippen molar-refractivity contribution >= 4 is 11.8 Å². The van der Waals surface area contributed by atoms with Gasteiger partial charge >= 0.3 is 6.09 Å². The Labute approximate surface area is 132 Å². The minimum atomic E-state index is -0.592. The molecule has 0 aliphatic heterocycles. The van der Waals surface area contributed by atoms with Gasteiger partial charge in [-0.3, -0.25) is 10.4 Å². The molecule has 0 aliphatic rings. The number of hydrogen-bond acceptors (Lipinski definition) is 3. The van der Waals surface area contributed by atoms with Crippen LogP contribution < -0.4 is 5.32 Å². The summed E-state index contributed by atoms with van der Waals surface area (Å²) >= 11 is 0. The zero-order valence-corrected chi connectivity index (χ0v) is 12.1. The summed E-state index contributed by atoms with van der Waals surface area (Å²) in [4.78, 5) is 11.7. The summed E-state index contributed by atoms with van der Waals surface area (Å²) in [5.74, 6) is -0.360. The van der Waals surface area contributed by atoms with Gasteiger partial charge in [0.1, 0.15) is 12.4 Å². The Hall–Kier alpha value is -3.15. The lowest BCUT2D eigenvalue weighted by atomic mass is 10.1. The highest BCUT2D eigenvalue weighted by Crippen LogP contribution is 2.20. The summed E-state index contributed by atoms with van der Waals surface area (Å²) in [6.45, 7) is 0.0106. The second-order valence-corrected chi connectivity index (χ2v) is 4.90. The van der Waals surface area contributed by atoms with Crippen LogP contribution in [0.3, 0.4) is 0 Å². The molecule has 116 valence electrons. The lowest BCUT2D eigenvalue weighted by Gasteiger charge is -2.07. The number of carbonyl (C=O) groups excluding carboxylic acids is 1. The van der Waals surface area contributed by atoms with E-state index in [4.69, 9.17) is 4.74 Å². The first-order chi connectivity index (χ1) is 11.2. The number of aromatic nitrogens is 2. The first kappa shape index (κ1) is 14.8. The van der Waals surface area contributed by atoms with Crippen LogP contribution in [-0.2, 0) is 11.3 Å². The molecule has 6 heteroatoms. The van der Waals surface area contributed by atoms with Gasteiger partial charge in [-0.1, -0.05) is 24.3 Å². The van der Waals surface area contributed by atoms with Gasteiger partial charge in [-0.2, -0.15) is 5.10 Å². The van der Waals surface area contributed by atoms with E-state index in [0.29, 0.717) is 11.3 Å². The van der Waals surface area contributed by atoms with Gasteiger partial charge in [0.15, 0.2) is 0 Å². The third-order valence-electron chi connectivity index (χ3n) is 3.22. The van der Waals surface area contributed by atoms with Gasteiger partial charge in [0.2, 0.25) is 0 Å². The van der Waals surface area contributed by atoms with E-state index in [1.165, 1.54) is 12.1 Å². The normalized spacial score (nSPS) is 10.3. The summed E-state index contributed by atoms with van der Waals surface area (Å²) in [6.07, 6.45) is 2.91. The quantitative estimate of drug-likeness (QED) is 0.766. The van der Waals surface area contributed by atoms with Crippen LogP contribution in [0.1, 0.15) is 5.56 Å². The zero-order valence-electron chi connectivity index (χ0n) is 12.1. The van der Waals surface area contributed by atoms with Crippen molar-refractivity contribution in [3.8, 4) is 11.1 Å². The Morgan fingerprint density at radius 1 is 1.17 bits per heavy atom. The molecular formula is C17H14FN3O2. The van der Waals surface area contributed by atoms with Crippen LogP contribution in [0.4, 0.5) is 14.9 Å². The maximum absolute atomic E-state index is 13.0. The average molecular weight is 311 g/mol. The summed E-state index contributed by atoms with van der Waals surface area (Å²) in [6, 6.07) is 13.2. The Morgan fingerprint density at radius 3 is 2.70 bits per heavy atom. The molecule has 1 aromatic heterocycles. The lowest BCUT2D eigenvalue weighted by molar-refractivity contribution is 0.155. The third-order valence-corrected chi connectivity index (χ3v) is 3.22. The molecule has 23 heavy (non-hydrogen) atoms. The number of nitrogens with one attached hydrogen (secondary N) is 2. The van der Waals surface area contributed by atoms with E-state index < -0.39 is 6.09 Å². The van der Waals surface area contributed by atoms with Crippen molar-refractivity contribution in [1.29, 1.82) is 0 Å². The summed E-state index contributed by atoms with van der Waals surface area (Å²) in [7, 11) is 0. The largest absolute Gasteiger partial charge is 0.444 e. The minimum absolute atomic E-state index is 0.0106. The van der Waals surface area contributed by atoms with Crippen molar-refractivity contribution in [3.63, 3.8) is 0 Å². The van der Waals surface area contributed by atoms with Gasteiger partial charge in [0.25, 0.3) is 0 Å². The molecule has 2 N–H and O–H groups in total. The first-order valence-corrected chi connectivity index (χ1v) is 6.98. The number of rotatable bonds is 4. The second-order valence-electron chi connectivity index (χ2n) is 4.90. The van der Waals surface area contributed by atoms with Gasteiger partial charge in [-0.05, 0) is 35.4 Å². The fraction of sp³-hybridized carbons (Fsp3) is 0.0588. The number of aromatic amines is 1. The van der Waals surface area contributed by atoms with E-state index in [2.05, 4.69) is 15.5 Å². The van der Waals surface area contributed by atoms with Crippen LogP contribution >= 0.6 is 0 Å². The number of halogens is 1. The van der Waals surface area contributed by atoms with E-state index >= 15 is 0 Å². The van der Waals surface area contributed by atoms with E-state index in [1.807, 2.05) is 12.1 Å². The summed E-state index contributed by atoms with van der Waals surface area (Å²) < 4.78 is 18.1. The molecule has 1 amide bonds. The molecule has 0 aliphatic carbocycles. The van der Waals surface area contributed by atoms with Crippen LogP contribution in [0, 0.1) is 5.82 Å². The number of nitrogens with zero attached hydrogens (tertiary/aromatic N) is 1. The smallest absolute Gasteiger partial charge is 0.411 e. The highest BCUT2D eigenvalue weighted by atomic mass is 19.1. The van der Waals surface area contributed by atoms with Crippen molar-refractivity contribution in [1.82, 2.24) is 10.2 Å². The SMILES string of the molecule is O=C(Nc1ccc(-c2cn[nH]c2)cc1)OCc1cccc(F)c1. The molecule has 3 aromatic rings. The highest BCUT2D eigenvalue weighted by molar-refractivity contribution is 5.85. The topological polar surface area (TPSA) is 67.0 Å². The Bertz CT molecular complexity index is 786. The van der Waals surface area contributed by atoms with Crippen molar-refractivity contribution in [2.45, 2.75) is 6.61 Å². The molecule has 2 aromatic carbocycles.